The largest absolute Gasteiger partial charge is 0.484 e. The molecule has 0 saturated heterocycles. The van der Waals surface area contributed by atoms with Gasteiger partial charge in [-0.2, -0.15) is 0 Å². The van der Waals surface area contributed by atoms with E-state index in [9.17, 15) is 9.59 Å². The molecule has 1 amide bonds. The normalized spacial score (nSPS) is 10.6. The number of hydrogen-bond acceptors (Lipinski definition) is 4. The Labute approximate surface area is 177 Å². The molecule has 30 heavy (non-hydrogen) atoms. The first-order valence-electron chi connectivity index (χ1n) is 9.84. The molecule has 0 bridgehead atoms. The zero-order valence-corrected chi connectivity index (χ0v) is 17.3. The second-order valence-corrected chi connectivity index (χ2v) is 7.29. The first kappa shape index (κ1) is 21.3. The Morgan fingerprint density at radius 2 is 1.40 bits per heavy atom. The van der Waals surface area contributed by atoms with Gasteiger partial charge in [0.15, 0.2) is 12.4 Å². The zero-order valence-electron chi connectivity index (χ0n) is 17.3. The van der Waals surface area contributed by atoms with Crippen molar-refractivity contribution in [2.24, 2.45) is 0 Å². The van der Waals surface area contributed by atoms with Crippen LogP contribution in [0.15, 0.2) is 78.9 Å². The smallest absolute Gasteiger partial charge is 0.258 e. The fourth-order valence-electron chi connectivity index (χ4n) is 3.08. The van der Waals surface area contributed by atoms with E-state index >= 15 is 0 Å². The lowest BCUT2D eigenvalue weighted by Crippen LogP contribution is -2.29. The number of carbonyl (C=O) groups excluding carboxylic acids is 2. The molecule has 0 radical (unpaired) electrons. The molecule has 0 saturated carbocycles. The van der Waals surface area contributed by atoms with Gasteiger partial charge < -0.3 is 15.0 Å². The number of amides is 1. The van der Waals surface area contributed by atoms with E-state index in [2.05, 4.69) is 16.3 Å². The summed E-state index contributed by atoms with van der Waals surface area (Å²) in [5.74, 6) is 0.304. The summed E-state index contributed by atoms with van der Waals surface area (Å²) in [4.78, 5) is 26.7. The molecule has 3 aromatic carbocycles. The Hall–Kier alpha value is -3.44. The zero-order chi connectivity index (χ0) is 21.3. The number of carbonyl (C=O) groups is 2. The minimum atomic E-state index is -0.195. The van der Waals surface area contributed by atoms with Crippen molar-refractivity contribution in [3.63, 3.8) is 0 Å². The number of ketones is 1. The Morgan fingerprint density at radius 1 is 0.800 bits per heavy atom. The summed E-state index contributed by atoms with van der Waals surface area (Å²) in [5, 5.41) is 2.90. The molecule has 0 heterocycles. The van der Waals surface area contributed by atoms with Crippen LogP contribution in [0.2, 0.25) is 0 Å². The standard InChI is InChI=1S/C25H26N2O3/c1-27(2)17-22-11-7-6-10-21(22)16-26-24(28)18-30-23-14-12-20(13-15-23)25(29)19-8-4-3-5-9-19/h3-15H,16-18H2,1-2H3,(H,26,28). The molecule has 5 nitrogen and oxygen atoms in total. The van der Waals surface area contributed by atoms with Crippen LogP contribution in [0.1, 0.15) is 27.0 Å². The van der Waals surface area contributed by atoms with E-state index in [-0.39, 0.29) is 18.3 Å². The van der Waals surface area contributed by atoms with Crippen molar-refractivity contribution >= 4 is 11.7 Å². The minimum absolute atomic E-state index is 0.0451. The fourth-order valence-corrected chi connectivity index (χ4v) is 3.08. The quantitative estimate of drug-likeness (QED) is 0.555. The number of rotatable bonds is 9. The van der Waals surface area contributed by atoms with E-state index in [1.54, 1.807) is 36.4 Å². The van der Waals surface area contributed by atoms with E-state index in [0.29, 0.717) is 23.4 Å². The lowest BCUT2D eigenvalue weighted by atomic mass is 10.0. The third-order valence-electron chi connectivity index (χ3n) is 4.60. The van der Waals surface area contributed by atoms with Crippen molar-refractivity contribution in [2.75, 3.05) is 20.7 Å². The van der Waals surface area contributed by atoms with Gasteiger partial charge in [-0.15, -0.1) is 0 Å². The summed E-state index contributed by atoms with van der Waals surface area (Å²) in [6.07, 6.45) is 0. The first-order valence-corrected chi connectivity index (χ1v) is 9.84. The van der Waals surface area contributed by atoms with Crippen LogP contribution < -0.4 is 10.1 Å². The van der Waals surface area contributed by atoms with Crippen LogP contribution in [-0.2, 0) is 17.9 Å². The molecule has 5 heteroatoms. The first-order chi connectivity index (χ1) is 14.5. The second-order valence-electron chi connectivity index (χ2n) is 7.29. The van der Waals surface area contributed by atoms with Crippen LogP contribution in [0.5, 0.6) is 5.75 Å². The van der Waals surface area contributed by atoms with E-state index in [4.69, 9.17) is 4.74 Å². The maximum absolute atomic E-state index is 12.4. The molecule has 1 N–H and O–H groups in total. The third kappa shape index (κ3) is 6.03. The van der Waals surface area contributed by atoms with Crippen molar-refractivity contribution in [1.29, 1.82) is 0 Å². The van der Waals surface area contributed by atoms with Gasteiger partial charge in [0.1, 0.15) is 5.75 Å². The van der Waals surface area contributed by atoms with Gasteiger partial charge in [-0.05, 0) is 49.5 Å². The van der Waals surface area contributed by atoms with Crippen LogP contribution in [0.25, 0.3) is 0 Å². The highest BCUT2D eigenvalue weighted by molar-refractivity contribution is 6.08. The summed E-state index contributed by atoms with van der Waals surface area (Å²) in [6.45, 7) is 1.19. The van der Waals surface area contributed by atoms with Crippen molar-refractivity contribution in [2.45, 2.75) is 13.1 Å². The van der Waals surface area contributed by atoms with Crippen LogP contribution in [-0.4, -0.2) is 37.3 Å². The number of nitrogens with one attached hydrogen (secondary N) is 1. The number of nitrogens with zero attached hydrogens (tertiary/aromatic N) is 1. The van der Waals surface area contributed by atoms with E-state index in [1.165, 1.54) is 5.56 Å². The highest BCUT2D eigenvalue weighted by Crippen LogP contribution is 2.15. The van der Waals surface area contributed by atoms with Gasteiger partial charge in [-0.3, -0.25) is 9.59 Å². The number of hydrogen-bond donors (Lipinski definition) is 1. The topological polar surface area (TPSA) is 58.6 Å². The predicted octanol–water partition coefficient (Wildman–Crippen LogP) is 3.67. The fraction of sp³-hybridized carbons (Fsp3) is 0.200. The Balaban J connectivity index is 1.50. The summed E-state index contributed by atoms with van der Waals surface area (Å²) in [5.41, 5.74) is 3.49. The monoisotopic (exact) mass is 402 g/mol. The molecule has 0 aliphatic rings. The summed E-state index contributed by atoms with van der Waals surface area (Å²) in [6, 6.07) is 24.0. The molecule has 0 aliphatic carbocycles. The van der Waals surface area contributed by atoms with Gasteiger partial charge in [0, 0.05) is 24.2 Å². The predicted molar refractivity (Wildman–Crippen MR) is 117 cm³/mol. The van der Waals surface area contributed by atoms with Crippen molar-refractivity contribution in [3.05, 3.63) is 101 Å². The Morgan fingerprint density at radius 3 is 2.07 bits per heavy atom. The molecule has 0 aromatic heterocycles. The van der Waals surface area contributed by atoms with Gasteiger partial charge in [0.05, 0.1) is 0 Å². The van der Waals surface area contributed by atoms with Crippen molar-refractivity contribution in [1.82, 2.24) is 10.2 Å². The van der Waals surface area contributed by atoms with Gasteiger partial charge in [-0.25, -0.2) is 0 Å². The molecule has 3 rings (SSSR count). The van der Waals surface area contributed by atoms with Crippen molar-refractivity contribution in [3.8, 4) is 5.75 Å². The van der Waals surface area contributed by atoms with E-state index in [1.807, 2.05) is 50.5 Å². The van der Waals surface area contributed by atoms with Gasteiger partial charge in [0.25, 0.3) is 5.91 Å². The summed E-state index contributed by atoms with van der Waals surface area (Å²) in [7, 11) is 4.03. The SMILES string of the molecule is CN(C)Cc1ccccc1CNC(=O)COc1ccc(C(=O)c2ccccc2)cc1. The lowest BCUT2D eigenvalue weighted by Gasteiger charge is -2.14. The van der Waals surface area contributed by atoms with Crippen LogP contribution >= 0.6 is 0 Å². The highest BCUT2D eigenvalue weighted by atomic mass is 16.5. The van der Waals surface area contributed by atoms with Gasteiger partial charge >= 0.3 is 0 Å². The minimum Gasteiger partial charge on any atom is -0.484 e. The average Bonchev–Trinajstić information content (AvgIpc) is 2.77. The van der Waals surface area contributed by atoms with Gasteiger partial charge in [-0.1, -0.05) is 54.6 Å². The third-order valence-corrected chi connectivity index (χ3v) is 4.60. The molecule has 154 valence electrons. The molecule has 3 aromatic rings. The van der Waals surface area contributed by atoms with Crippen molar-refractivity contribution < 1.29 is 14.3 Å². The molecular weight excluding hydrogens is 376 g/mol. The maximum atomic E-state index is 12.4. The average molecular weight is 402 g/mol. The molecule has 0 spiro atoms. The highest BCUT2D eigenvalue weighted by Gasteiger charge is 2.10. The van der Waals surface area contributed by atoms with E-state index in [0.717, 1.165) is 12.1 Å². The van der Waals surface area contributed by atoms with E-state index < -0.39 is 0 Å². The van der Waals surface area contributed by atoms with Crippen LogP contribution in [0.4, 0.5) is 0 Å². The van der Waals surface area contributed by atoms with Crippen LogP contribution in [0.3, 0.4) is 0 Å². The number of ether oxygens (including phenoxy) is 1. The molecule has 0 aliphatic heterocycles. The molecular formula is C25H26N2O3. The Bertz CT molecular complexity index is 983. The molecule has 0 fully saturated rings. The Kier molecular flexibility index (Phi) is 7.35. The molecule has 0 atom stereocenters. The summed E-state index contributed by atoms with van der Waals surface area (Å²) < 4.78 is 5.56. The number of benzene rings is 3. The summed E-state index contributed by atoms with van der Waals surface area (Å²) >= 11 is 0. The second kappa shape index (κ2) is 10.4. The van der Waals surface area contributed by atoms with Crippen LogP contribution in [0, 0.1) is 0 Å². The molecule has 0 unspecified atom stereocenters. The maximum Gasteiger partial charge on any atom is 0.258 e. The lowest BCUT2D eigenvalue weighted by molar-refractivity contribution is -0.123. The van der Waals surface area contributed by atoms with Gasteiger partial charge in [0.2, 0.25) is 0 Å².